The zero-order valence-electron chi connectivity index (χ0n) is 5.16. The SMILES string of the molecule is C=CCC=COS(=O)(=O)Cl. The topological polar surface area (TPSA) is 43.4 Å². The Hall–Kier alpha value is -0.480. The third-order valence-corrected chi connectivity index (χ3v) is 1.13. The number of hydrogen-bond donors (Lipinski definition) is 0. The van der Waals surface area contributed by atoms with Crippen LogP contribution in [-0.4, -0.2) is 8.42 Å². The second kappa shape index (κ2) is 4.35. The average Bonchev–Trinajstić information content (AvgIpc) is 1.78. The van der Waals surface area contributed by atoms with Gasteiger partial charge in [0, 0.05) is 0 Å². The van der Waals surface area contributed by atoms with Crippen molar-refractivity contribution in [3.05, 3.63) is 25.0 Å². The third kappa shape index (κ3) is 7.52. The van der Waals surface area contributed by atoms with Crippen LogP contribution in [0.5, 0.6) is 0 Å². The fourth-order valence-corrected chi connectivity index (χ4v) is 0.595. The van der Waals surface area contributed by atoms with Crippen LogP contribution in [0.4, 0.5) is 0 Å². The molecule has 0 aromatic heterocycles. The summed E-state index contributed by atoms with van der Waals surface area (Å²) in [5, 5.41) is 0. The molecule has 10 heavy (non-hydrogen) atoms. The maximum Gasteiger partial charge on any atom is 0.400 e. The van der Waals surface area contributed by atoms with E-state index in [0.717, 1.165) is 6.26 Å². The minimum absolute atomic E-state index is 0.548. The molecule has 5 heteroatoms. The first-order valence-corrected chi connectivity index (χ1v) is 4.68. The number of halogens is 1. The summed E-state index contributed by atoms with van der Waals surface area (Å²) in [5.74, 6) is 0. The molecule has 0 aromatic carbocycles. The maximum absolute atomic E-state index is 10.1. The smallest absolute Gasteiger partial charge is 0.379 e. The monoisotopic (exact) mass is 182 g/mol. The Morgan fingerprint density at radius 3 is 2.60 bits per heavy atom. The lowest BCUT2D eigenvalue weighted by atomic mass is 10.4. The molecule has 0 rings (SSSR count). The molecule has 0 aliphatic rings. The van der Waals surface area contributed by atoms with Crippen molar-refractivity contribution in [2.24, 2.45) is 0 Å². The molecule has 0 N–H and O–H groups in total. The zero-order valence-corrected chi connectivity index (χ0v) is 6.73. The molecule has 0 aliphatic heterocycles. The summed E-state index contributed by atoms with van der Waals surface area (Å²) in [4.78, 5) is 0. The lowest BCUT2D eigenvalue weighted by Crippen LogP contribution is -1.87. The highest BCUT2D eigenvalue weighted by Gasteiger charge is 1.98. The highest BCUT2D eigenvalue weighted by atomic mass is 35.7. The third-order valence-electron chi connectivity index (χ3n) is 0.569. The molecule has 0 spiro atoms. The fraction of sp³-hybridized carbons (Fsp3) is 0.200. The van der Waals surface area contributed by atoms with E-state index in [-0.39, 0.29) is 0 Å². The van der Waals surface area contributed by atoms with Crippen LogP contribution in [0.15, 0.2) is 25.0 Å². The van der Waals surface area contributed by atoms with Gasteiger partial charge in [-0.2, -0.15) is 8.42 Å². The summed E-state index contributed by atoms with van der Waals surface area (Å²) >= 11 is 0. The average molecular weight is 183 g/mol. The molecule has 0 atom stereocenters. The number of hydrogen-bond acceptors (Lipinski definition) is 3. The molecule has 0 radical (unpaired) electrons. The van der Waals surface area contributed by atoms with Crippen molar-refractivity contribution in [2.75, 3.05) is 0 Å². The lowest BCUT2D eigenvalue weighted by molar-refractivity contribution is 0.458. The van der Waals surface area contributed by atoms with Gasteiger partial charge in [0.1, 0.15) is 6.26 Å². The van der Waals surface area contributed by atoms with Gasteiger partial charge in [-0.25, -0.2) is 0 Å². The largest absolute Gasteiger partial charge is 0.400 e. The molecule has 0 amide bonds. The lowest BCUT2D eigenvalue weighted by Gasteiger charge is -1.88. The van der Waals surface area contributed by atoms with E-state index in [1.165, 1.54) is 6.08 Å². The van der Waals surface area contributed by atoms with Gasteiger partial charge in [-0.15, -0.1) is 6.58 Å². The molecular formula is C5H7ClO3S. The first kappa shape index (κ1) is 9.52. The van der Waals surface area contributed by atoms with E-state index >= 15 is 0 Å². The van der Waals surface area contributed by atoms with Gasteiger partial charge < -0.3 is 4.18 Å². The highest BCUT2D eigenvalue weighted by molar-refractivity contribution is 8.10. The summed E-state index contributed by atoms with van der Waals surface area (Å²) in [7, 11) is 0.832. The quantitative estimate of drug-likeness (QED) is 0.377. The van der Waals surface area contributed by atoms with Gasteiger partial charge in [-0.05, 0) is 12.5 Å². The van der Waals surface area contributed by atoms with Crippen LogP contribution in [0, 0.1) is 0 Å². The van der Waals surface area contributed by atoms with Crippen LogP contribution in [0.2, 0.25) is 0 Å². The van der Waals surface area contributed by atoms with Crippen molar-refractivity contribution < 1.29 is 12.6 Å². The molecule has 0 saturated heterocycles. The Kier molecular flexibility index (Phi) is 4.14. The van der Waals surface area contributed by atoms with Gasteiger partial charge in [0.05, 0.1) is 10.7 Å². The minimum atomic E-state index is -3.85. The van der Waals surface area contributed by atoms with Crippen LogP contribution in [0.1, 0.15) is 6.42 Å². The molecule has 0 aromatic rings. The van der Waals surface area contributed by atoms with Gasteiger partial charge in [0.2, 0.25) is 0 Å². The summed E-state index contributed by atoms with van der Waals surface area (Å²) in [6, 6.07) is 0. The van der Waals surface area contributed by atoms with Crippen molar-refractivity contribution in [1.29, 1.82) is 0 Å². The predicted molar refractivity (Wildman–Crippen MR) is 39.8 cm³/mol. The van der Waals surface area contributed by atoms with E-state index in [9.17, 15) is 8.42 Å². The minimum Gasteiger partial charge on any atom is -0.379 e. The Labute approximate surface area is 64.6 Å². The first-order chi connectivity index (χ1) is 4.56. The van der Waals surface area contributed by atoms with Gasteiger partial charge in [-0.3, -0.25) is 0 Å². The molecule has 0 saturated carbocycles. The highest BCUT2D eigenvalue weighted by Crippen LogP contribution is 1.98. The van der Waals surface area contributed by atoms with E-state index in [1.54, 1.807) is 6.08 Å². The summed E-state index contributed by atoms with van der Waals surface area (Å²) < 4.78 is 24.2. The first-order valence-electron chi connectivity index (χ1n) is 2.45. The molecule has 58 valence electrons. The van der Waals surface area contributed by atoms with E-state index in [2.05, 4.69) is 21.4 Å². The number of allylic oxidation sites excluding steroid dienone is 2. The van der Waals surface area contributed by atoms with E-state index < -0.39 is 9.33 Å². The Bertz CT molecular complexity index is 217. The van der Waals surface area contributed by atoms with Gasteiger partial charge in [0.25, 0.3) is 0 Å². The van der Waals surface area contributed by atoms with Crippen molar-refractivity contribution in [2.45, 2.75) is 6.42 Å². The molecule has 0 aliphatic carbocycles. The maximum atomic E-state index is 10.1. The van der Waals surface area contributed by atoms with Crippen molar-refractivity contribution >= 4 is 20.0 Å². The van der Waals surface area contributed by atoms with Crippen LogP contribution >= 0.6 is 10.7 Å². The fourth-order valence-electron chi connectivity index (χ4n) is 0.257. The second-order valence-corrected chi connectivity index (χ2v) is 3.50. The van der Waals surface area contributed by atoms with Gasteiger partial charge in [0.15, 0.2) is 0 Å². The van der Waals surface area contributed by atoms with Crippen LogP contribution in [0.25, 0.3) is 0 Å². The van der Waals surface area contributed by atoms with Crippen molar-refractivity contribution in [1.82, 2.24) is 0 Å². The Morgan fingerprint density at radius 1 is 1.60 bits per heavy atom. The van der Waals surface area contributed by atoms with Gasteiger partial charge >= 0.3 is 9.33 Å². The molecular weight excluding hydrogens is 176 g/mol. The summed E-state index contributed by atoms with van der Waals surface area (Å²) in [6.45, 7) is 3.41. The van der Waals surface area contributed by atoms with Crippen molar-refractivity contribution in [3.8, 4) is 0 Å². The molecule has 0 bridgehead atoms. The molecule has 3 nitrogen and oxygen atoms in total. The molecule has 0 heterocycles. The zero-order chi connectivity index (χ0) is 8.04. The summed E-state index contributed by atoms with van der Waals surface area (Å²) in [5.41, 5.74) is 0. The Balaban J connectivity index is 3.65. The van der Waals surface area contributed by atoms with Crippen molar-refractivity contribution in [3.63, 3.8) is 0 Å². The standard InChI is InChI=1S/C5H7ClO3S/c1-2-3-4-5-9-10(6,7)8/h2,4-5H,1,3H2. The number of rotatable bonds is 4. The Morgan fingerprint density at radius 2 is 2.20 bits per heavy atom. The van der Waals surface area contributed by atoms with Crippen LogP contribution in [0.3, 0.4) is 0 Å². The molecule has 0 fully saturated rings. The predicted octanol–water partition coefficient (Wildman–Crippen LogP) is 1.58. The van der Waals surface area contributed by atoms with E-state index in [4.69, 9.17) is 0 Å². The summed E-state index contributed by atoms with van der Waals surface area (Å²) in [6.07, 6.45) is 4.63. The molecule has 0 unspecified atom stereocenters. The normalized spacial score (nSPS) is 11.7. The van der Waals surface area contributed by atoms with E-state index in [0.29, 0.717) is 6.42 Å². The second-order valence-electron chi connectivity index (χ2n) is 1.39. The van der Waals surface area contributed by atoms with E-state index in [1.807, 2.05) is 0 Å². The van der Waals surface area contributed by atoms with Crippen LogP contribution < -0.4 is 0 Å². The van der Waals surface area contributed by atoms with Crippen LogP contribution in [-0.2, 0) is 13.5 Å². The van der Waals surface area contributed by atoms with Gasteiger partial charge in [-0.1, -0.05) is 6.08 Å².